The molecule has 0 aliphatic rings. The molecule has 1 aromatic carbocycles. The monoisotopic (exact) mass is 242 g/mol. The Balaban J connectivity index is 3.42. The fourth-order valence-corrected chi connectivity index (χ4v) is 1.68. The van der Waals surface area contributed by atoms with Crippen molar-refractivity contribution in [2.45, 2.75) is 13.3 Å². The van der Waals surface area contributed by atoms with E-state index in [4.69, 9.17) is 21.4 Å². The molecule has 4 nitrogen and oxygen atoms in total. The highest BCUT2D eigenvalue weighted by molar-refractivity contribution is 6.41. The van der Waals surface area contributed by atoms with E-state index in [9.17, 15) is 9.59 Å². The van der Waals surface area contributed by atoms with E-state index in [0.717, 1.165) is 0 Å². The Morgan fingerprint density at radius 1 is 1.44 bits per heavy atom. The maximum atomic E-state index is 11.4. The predicted molar refractivity (Wildman–Crippen MR) is 59.3 cm³/mol. The zero-order chi connectivity index (χ0) is 12.3. The highest BCUT2D eigenvalue weighted by atomic mass is 35.5. The number of carboxylic acids is 1. The first-order valence-corrected chi connectivity index (χ1v) is 5.03. The van der Waals surface area contributed by atoms with Gasteiger partial charge in [0.1, 0.15) is 5.75 Å². The summed E-state index contributed by atoms with van der Waals surface area (Å²) < 4.78 is 5.05. The third-order valence-electron chi connectivity index (χ3n) is 2.15. The highest BCUT2D eigenvalue weighted by Crippen LogP contribution is 2.29. The fourth-order valence-electron chi connectivity index (χ4n) is 1.44. The lowest BCUT2D eigenvalue weighted by Crippen LogP contribution is -2.14. The van der Waals surface area contributed by atoms with Gasteiger partial charge in [-0.25, -0.2) is 4.79 Å². The van der Waals surface area contributed by atoms with Gasteiger partial charge in [0.15, 0.2) is 0 Å². The highest BCUT2D eigenvalue weighted by Gasteiger charge is 2.21. The molecule has 0 heterocycles. The van der Waals surface area contributed by atoms with Gasteiger partial charge in [-0.1, -0.05) is 18.5 Å². The molecular weight excluding hydrogens is 232 g/mol. The van der Waals surface area contributed by atoms with Crippen LogP contribution in [0.1, 0.15) is 22.8 Å². The summed E-state index contributed by atoms with van der Waals surface area (Å²) in [7, 11) is 1.39. The van der Waals surface area contributed by atoms with Crippen molar-refractivity contribution in [1.82, 2.24) is 0 Å². The molecular formula is C11H11ClO4. The Morgan fingerprint density at radius 3 is 2.50 bits per heavy atom. The van der Waals surface area contributed by atoms with Crippen molar-refractivity contribution in [2.75, 3.05) is 7.11 Å². The van der Waals surface area contributed by atoms with E-state index >= 15 is 0 Å². The van der Waals surface area contributed by atoms with Gasteiger partial charge in [-0.05, 0) is 24.1 Å². The first kappa shape index (κ1) is 12.5. The van der Waals surface area contributed by atoms with Crippen LogP contribution in [0.25, 0.3) is 0 Å². The van der Waals surface area contributed by atoms with Gasteiger partial charge >= 0.3 is 5.97 Å². The van der Waals surface area contributed by atoms with E-state index in [1.165, 1.54) is 13.2 Å². The largest absolute Gasteiger partial charge is 0.496 e. The number of hydrogen-bond acceptors (Lipinski definition) is 3. The van der Waals surface area contributed by atoms with E-state index in [1.54, 1.807) is 6.07 Å². The van der Waals surface area contributed by atoms with Crippen molar-refractivity contribution < 1.29 is 19.4 Å². The van der Waals surface area contributed by atoms with Crippen LogP contribution >= 0.6 is 11.6 Å². The van der Waals surface area contributed by atoms with Crippen LogP contribution in [0.15, 0.2) is 12.1 Å². The van der Waals surface area contributed by atoms with Gasteiger partial charge in [0, 0.05) is 5.02 Å². The number of halogens is 1. The second-order valence-electron chi connectivity index (χ2n) is 3.13. The third kappa shape index (κ3) is 2.33. The minimum Gasteiger partial charge on any atom is -0.496 e. The molecule has 0 radical (unpaired) electrons. The first-order chi connectivity index (χ1) is 7.51. The summed E-state index contributed by atoms with van der Waals surface area (Å²) in [6, 6.07) is 2.95. The summed E-state index contributed by atoms with van der Waals surface area (Å²) in [5.41, 5.74) is 0.693. The van der Waals surface area contributed by atoms with Crippen molar-refractivity contribution >= 4 is 23.4 Å². The number of carbonyl (C=O) groups is 2. The summed E-state index contributed by atoms with van der Waals surface area (Å²) in [5, 5.41) is 8.98. The Bertz CT molecular complexity index is 440. The normalized spacial score (nSPS) is 9.94. The zero-order valence-electron chi connectivity index (χ0n) is 8.91. The Morgan fingerprint density at radius 2 is 2.06 bits per heavy atom. The number of benzene rings is 1. The average Bonchev–Trinajstić information content (AvgIpc) is 2.26. The number of carbonyl (C=O) groups excluding carboxylic acids is 1. The van der Waals surface area contributed by atoms with E-state index in [-0.39, 0.29) is 11.3 Å². The average molecular weight is 243 g/mol. The maximum Gasteiger partial charge on any atom is 0.377 e. The van der Waals surface area contributed by atoms with Crippen molar-refractivity contribution in [3.8, 4) is 5.75 Å². The lowest BCUT2D eigenvalue weighted by molar-refractivity contribution is -0.131. The lowest BCUT2D eigenvalue weighted by atomic mass is 10.0. The van der Waals surface area contributed by atoms with E-state index in [0.29, 0.717) is 17.0 Å². The van der Waals surface area contributed by atoms with Crippen LogP contribution in [0.5, 0.6) is 5.75 Å². The van der Waals surface area contributed by atoms with Crippen LogP contribution in [0.3, 0.4) is 0 Å². The van der Waals surface area contributed by atoms with Crippen LogP contribution in [-0.2, 0) is 11.2 Å². The fraction of sp³-hybridized carbons (Fsp3) is 0.273. The second-order valence-corrected chi connectivity index (χ2v) is 3.57. The number of aliphatic carboxylic acids is 1. The van der Waals surface area contributed by atoms with Gasteiger partial charge in [0.05, 0.1) is 12.7 Å². The number of methoxy groups -OCH3 is 1. The molecule has 0 aromatic heterocycles. The molecule has 86 valence electrons. The number of ketones is 1. The van der Waals surface area contributed by atoms with Crippen molar-refractivity contribution in [3.63, 3.8) is 0 Å². The SMILES string of the molecule is CCc1cc(Cl)cc(C(=O)C(=O)O)c1OC. The number of ether oxygens (including phenoxy) is 1. The minimum atomic E-state index is -1.53. The van der Waals surface area contributed by atoms with Gasteiger partial charge in [0.25, 0.3) is 5.78 Å². The minimum absolute atomic E-state index is 0.0145. The molecule has 0 saturated carbocycles. The standard InChI is InChI=1S/C11H11ClO4/c1-3-6-4-7(12)5-8(10(6)16-2)9(13)11(14)15/h4-5H,3H2,1-2H3,(H,14,15). The molecule has 0 aliphatic carbocycles. The number of hydrogen-bond donors (Lipinski definition) is 1. The maximum absolute atomic E-state index is 11.4. The molecule has 5 heteroatoms. The van der Waals surface area contributed by atoms with E-state index in [2.05, 4.69) is 0 Å². The molecule has 0 unspecified atom stereocenters. The molecule has 1 aromatic rings. The molecule has 0 saturated heterocycles. The molecule has 0 spiro atoms. The first-order valence-electron chi connectivity index (χ1n) is 4.65. The van der Waals surface area contributed by atoms with Gasteiger partial charge in [-0.3, -0.25) is 4.79 Å². The Hall–Kier alpha value is -1.55. The number of rotatable bonds is 4. The number of carboxylic acid groups (broad SMARTS) is 1. The summed E-state index contributed by atoms with van der Waals surface area (Å²) >= 11 is 5.81. The van der Waals surface area contributed by atoms with Crippen LogP contribution in [0.4, 0.5) is 0 Å². The van der Waals surface area contributed by atoms with Crippen LogP contribution < -0.4 is 4.74 Å². The molecule has 1 N–H and O–H groups in total. The topological polar surface area (TPSA) is 63.6 Å². The van der Waals surface area contributed by atoms with Crippen LogP contribution in [0.2, 0.25) is 5.02 Å². The second kappa shape index (κ2) is 4.99. The molecule has 0 aliphatic heterocycles. The smallest absolute Gasteiger partial charge is 0.377 e. The Kier molecular flexibility index (Phi) is 3.90. The summed E-state index contributed by atoms with van der Waals surface area (Å²) in [6.45, 7) is 1.86. The summed E-state index contributed by atoms with van der Waals surface area (Å²) in [6.07, 6.45) is 0.601. The molecule has 0 bridgehead atoms. The van der Waals surface area contributed by atoms with E-state index < -0.39 is 11.8 Å². The molecule has 0 amide bonds. The van der Waals surface area contributed by atoms with Crippen molar-refractivity contribution in [2.24, 2.45) is 0 Å². The van der Waals surface area contributed by atoms with Gasteiger partial charge in [-0.2, -0.15) is 0 Å². The predicted octanol–water partition coefficient (Wildman–Crippen LogP) is 2.18. The molecule has 1 rings (SSSR count). The third-order valence-corrected chi connectivity index (χ3v) is 2.37. The van der Waals surface area contributed by atoms with Crippen molar-refractivity contribution in [1.29, 1.82) is 0 Å². The van der Waals surface area contributed by atoms with Crippen LogP contribution in [0, 0.1) is 0 Å². The van der Waals surface area contributed by atoms with Crippen molar-refractivity contribution in [3.05, 3.63) is 28.3 Å². The molecule has 16 heavy (non-hydrogen) atoms. The lowest BCUT2D eigenvalue weighted by Gasteiger charge is -2.11. The number of Topliss-reactive ketones (excluding diaryl/α,β-unsaturated/α-hetero) is 1. The summed E-state index contributed by atoms with van der Waals surface area (Å²) in [4.78, 5) is 22.0. The molecule has 0 fully saturated rings. The van der Waals surface area contributed by atoms with Gasteiger partial charge in [0.2, 0.25) is 0 Å². The number of aryl methyl sites for hydroxylation is 1. The molecule has 0 atom stereocenters. The quantitative estimate of drug-likeness (QED) is 0.649. The Labute approximate surface area is 97.8 Å². The van der Waals surface area contributed by atoms with Gasteiger partial charge in [-0.15, -0.1) is 0 Å². The van der Waals surface area contributed by atoms with Crippen LogP contribution in [-0.4, -0.2) is 24.0 Å². The van der Waals surface area contributed by atoms with Gasteiger partial charge < -0.3 is 9.84 Å². The summed E-state index contributed by atoms with van der Waals surface area (Å²) in [5.74, 6) is -2.27. The van der Waals surface area contributed by atoms with E-state index in [1.807, 2.05) is 6.92 Å². The zero-order valence-corrected chi connectivity index (χ0v) is 9.67.